The molecule has 2 aromatic heterocycles. The molecule has 0 bridgehead atoms. The number of hydrogen-bond donors (Lipinski definition) is 0. The van der Waals surface area contributed by atoms with Crippen LogP contribution in [0.25, 0.3) is 22.0 Å². The predicted molar refractivity (Wildman–Crippen MR) is 169 cm³/mol. The normalized spacial score (nSPS) is 13.9. The second-order valence-corrected chi connectivity index (χ2v) is 11.5. The van der Waals surface area contributed by atoms with Crippen molar-refractivity contribution < 1.29 is 4.39 Å². The van der Waals surface area contributed by atoms with E-state index in [1.807, 2.05) is 55.2 Å². The fourth-order valence-corrected chi connectivity index (χ4v) is 6.24. The average molecular weight is 555 g/mol. The molecule has 1 atom stereocenters. The lowest BCUT2D eigenvalue weighted by Gasteiger charge is -2.33. The molecular formula is C35H43FN4O. The zero-order valence-corrected chi connectivity index (χ0v) is 24.8. The highest BCUT2D eigenvalue weighted by Crippen LogP contribution is 2.42. The van der Waals surface area contributed by atoms with Crippen LogP contribution in [0.1, 0.15) is 81.2 Å². The Labute approximate surface area is 243 Å². The molecule has 1 unspecified atom stereocenters. The second kappa shape index (κ2) is 12.9. The smallest absolute Gasteiger partial charge is 0.253 e. The molecular weight excluding hydrogens is 511 g/mol. The third-order valence-electron chi connectivity index (χ3n) is 8.50. The Kier molecular flexibility index (Phi) is 9.06. The number of halogens is 1. The molecule has 41 heavy (non-hydrogen) atoms. The quantitative estimate of drug-likeness (QED) is 0.130. The van der Waals surface area contributed by atoms with Gasteiger partial charge in [0.15, 0.2) is 0 Å². The van der Waals surface area contributed by atoms with E-state index in [2.05, 4.69) is 34.9 Å². The monoisotopic (exact) mass is 554 g/mol. The van der Waals surface area contributed by atoms with Crippen LogP contribution < -0.4 is 10.5 Å². The van der Waals surface area contributed by atoms with E-state index in [-0.39, 0.29) is 5.56 Å². The number of pyridine rings is 1. The number of aromatic nitrogens is 3. The van der Waals surface area contributed by atoms with Crippen LogP contribution in [0.15, 0.2) is 66.2 Å². The first kappa shape index (κ1) is 28.8. The fraction of sp³-hybridized carbons (Fsp3) is 0.429. The largest absolute Gasteiger partial charge is 0.341 e. The van der Waals surface area contributed by atoms with Gasteiger partial charge < -0.3 is 9.47 Å². The summed E-state index contributed by atoms with van der Waals surface area (Å²) in [5.41, 5.74) is 7.58. The molecule has 0 spiro atoms. The zero-order valence-electron chi connectivity index (χ0n) is 24.8. The SMILES string of the molecule is C=CCCCCCCCCn1cc(-c2cc3c(cc2C(C)F)N(c2cccc4c2cc(C)c(=O)n4C)CCC3)cn1. The summed E-state index contributed by atoms with van der Waals surface area (Å²) in [6, 6.07) is 12.3. The van der Waals surface area contributed by atoms with Crippen LogP contribution in [0, 0.1) is 6.92 Å². The molecule has 0 fully saturated rings. The van der Waals surface area contributed by atoms with Gasteiger partial charge in [0, 0.05) is 48.5 Å². The van der Waals surface area contributed by atoms with E-state index in [0.29, 0.717) is 5.56 Å². The molecule has 0 radical (unpaired) electrons. The van der Waals surface area contributed by atoms with E-state index in [4.69, 9.17) is 0 Å². The Morgan fingerprint density at radius 2 is 1.85 bits per heavy atom. The average Bonchev–Trinajstić information content (AvgIpc) is 3.45. The van der Waals surface area contributed by atoms with Crippen molar-refractivity contribution in [2.75, 3.05) is 11.4 Å². The standard InChI is InChI=1S/C35H43FN4O/c1-5-6-7-8-9-10-11-12-18-39-24-28(23-37-39)30-21-27-15-14-19-40(34(27)22-29(30)26(3)36)33-17-13-16-32-31(33)20-25(2)35(41)38(32)4/h5,13,16-17,20-24,26H,1,6-12,14-15,18-19H2,2-4H3. The molecule has 1 aliphatic heterocycles. The van der Waals surface area contributed by atoms with E-state index >= 15 is 4.39 Å². The number of unbranched alkanes of at least 4 members (excludes halogenated alkanes) is 6. The van der Waals surface area contributed by atoms with Crippen molar-refractivity contribution in [2.24, 2.45) is 7.05 Å². The van der Waals surface area contributed by atoms with Crippen molar-refractivity contribution in [1.29, 1.82) is 0 Å². The first-order valence-corrected chi connectivity index (χ1v) is 15.2. The summed E-state index contributed by atoms with van der Waals surface area (Å²) >= 11 is 0. The van der Waals surface area contributed by atoms with Gasteiger partial charge in [0.1, 0.15) is 6.17 Å². The van der Waals surface area contributed by atoms with Crippen LogP contribution in [-0.2, 0) is 20.0 Å². The second-order valence-electron chi connectivity index (χ2n) is 11.5. The Morgan fingerprint density at radius 3 is 2.63 bits per heavy atom. The van der Waals surface area contributed by atoms with Crippen LogP contribution in [0.4, 0.5) is 15.8 Å². The predicted octanol–water partition coefficient (Wildman–Crippen LogP) is 8.74. The third-order valence-corrected chi connectivity index (χ3v) is 8.50. The van der Waals surface area contributed by atoms with Gasteiger partial charge in [0.25, 0.3) is 5.56 Å². The van der Waals surface area contributed by atoms with Gasteiger partial charge in [-0.25, -0.2) is 4.39 Å². The molecule has 5 nitrogen and oxygen atoms in total. The van der Waals surface area contributed by atoms with Gasteiger partial charge in [-0.3, -0.25) is 9.48 Å². The lowest BCUT2D eigenvalue weighted by molar-refractivity contribution is 0.375. The Hall–Kier alpha value is -3.67. The maximum absolute atomic E-state index is 15.2. The van der Waals surface area contributed by atoms with Crippen LogP contribution in [0.3, 0.4) is 0 Å². The molecule has 2 aromatic carbocycles. The number of anilines is 2. The number of rotatable bonds is 12. The minimum absolute atomic E-state index is 0.0201. The first-order chi connectivity index (χ1) is 19.9. The number of nitrogens with zero attached hydrogens (tertiary/aromatic N) is 4. The Balaban J connectivity index is 1.40. The Bertz CT molecular complexity index is 1580. The molecule has 5 rings (SSSR count). The number of alkyl halides is 1. The molecule has 0 aliphatic carbocycles. The minimum Gasteiger partial charge on any atom is -0.341 e. The molecule has 0 saturated heterocycles. The summed E-state index contributed by atoms with van der Waals surface area (Å²) in [5.74, 6) is 0. The van der Waals surface area contributed by atoms with Gasteiger partial charge >= 0.3 is 0 Å². The van der Waals surface area contributed by atoms with E-state index in [1.54, 1.807) is 11.5 Å². The van der Waals surface area contributed by atoms with Crippen molar-refractivity contribution in [3.8, 4) is 11.1 Å². The van der Waals surface area contributed by atoms with E-state index < -0.39 is 6.17 Å². The van der Waals surface area contributed by atoms with Gasteiger partial charge in [-0.15, -0.1) is 6.58 Å². The van der Waals surface area contributed by atoms with Crippen molar-refractivity contribution in [3.63, 3.8) is 0 Å². The highest BCUT2D eigenvalue weighted by molar-refractivity contribution is 5.95. The highest BCUT2D eigenvalue weighted by atomic mass is 19.1. The van der Waals surface area contributed by atoms with E-state index in [0.717, 1.165) is 77.7 Å². The van der Waals surface area contributed by atoms with Gasteiger partial charge in [-0.05, 0) is 93.0 Å². The molecule has 4 aromatic rings. The van der Waals surface area contributed by atoms with Gasteiger partial charge in [-0.1, -0.05) is 37.8 Å². The molecule has 216 valence electrons. The number of allylic oxidation sites excluding steroid dienone is 1. The number of hydrogen-bond acceptors (Lipinski definition) is 3. The Morgan fingerprint density at radius 1 is 1.07 bits per heavy atom. The molecule has 0 N–H and O–H groups in total. The number of benzene rings is 2. The van der Waals surface area contributed by atoms with Crippen molar-refractivity contribution in [1.82, 2.24) is 14.3 Å². The van der Waals surface area contributed by atoms with Gasteiger partial charge in [0.05, 0.1) is 17.4 Å². The highest BCUT2D eigenvalue weighted by Gasteiger charge is 2.25. The van der Waals surface area contributed by atoms with Gasteiger partial charge in [0.2, 0.25) is 0 Å². The first-order valence-electron chi connectivity index (χ1n) is 15.2. The summed E-state index contributed by atoms with van der Waals surface area (Å²) in [7, 11) is 1.83. The summed E-state index contributed by atoms with van der Waals surface area (Å²) in [6.07, 6.45) is 15.3. The van der Waals surface area contributed by atoms with Crippen LogP contribution in [0.2, 0.25) is 0 Å². The van der Waals surface area contributed by atoms with Crippen LogP contribution in [-0.4, -0.2) is 20.9 Å². The summed E-state index contributed by atoms with van der Waals surface area (Å²) < 4.78 is 18.9. The number of aryl methyl sites for hydroxylation is 4. The van der Waals surface area contributed by atoms with Crippen molar-refractivity contribution in [3.05, 3.63) is 88.5 Å². The summed E-state index contributed by atoms with van der Waals surface area (Å²) in [4.78, 5) is 14.9. The maximum atomic E-state index is 15.2. The van der Waals surface area contributed by atoms with Crippen LogP contribution in [0.5, 0.6) is 0 Å². The molecule has 0 amide bonds. The number of fused-ring (bicyclic) bond motifs is 2. The molecule has 0 saturated carbocycles. The lowest BCUT2D eigenvalue weighted by Crippen LogP contribution is -2.26. The molecule has 1 aliphatic rings. The van der Waals surface area contributed by atoms with Crippen molar-refractivity contribution in [2.45, 2.75) is 84.4 Å². The summed E-state index contributed by atoms with van der Waals surface area (Å²) in [6.45, 7) is 9.01. The van der Waals surface area contributed by atoms with E-state index in [9.17, 15) is 4.79 Å². The van der Waals surface area contributed by atoms with E-state index in [1.165, 1.54) is 37.7 Å². The molecule has 3 heterocycles. The fourth-order valence-electron chi connectivity index (χ4n) is 6.24. The topological polar surface area (TPSA) is 43.1 Å². The summed E-state index contributed by atoms with van der Waals surface area (Å²) in [5, 5.41) is 5.67. The third kappa shape index (κ3) is 6.17. The lowest BCUT2D eigenvalue weighted by atomic mass is 9.91. The minimum atomic E-state index is -1.11. The van der Waals surface area contributed by atoms with Crippen LogP contribution >= 0.6 is 0 Å². The van der Waals surface area contributed by atoms with Crippen molar-refractivity contribution >= 4 is 22.3 Å². The zero-order chi connectivity index (χ0) is 28.9. The van der Waals surface area contributed by atoms with Gasteiger partial charge in [-0.2, -0.15) is 5.10 Å². The molecule has 6 heteroatoms. The maximum Gasteiger partial charge on any atom is 0.253 e.